The molecule has 2 aliphatic rings. The Morgan fingerprint density at radius 2 is 1.68 bits per heavy atom. The van der Waals surface area contributed by atoms with Gasteiger partial charge in [0.05, 0.1) is 26.6 Å². The first kappa shape index (κ1) is 28.4. The topological polar surface area (TPSA) is 63.7 Å². The first-order valence-electron chi connectivity index (χ1n) is 12.4. The minimum absolute atomic E-state index is 0.0906. The Hall–Kier alpha value is -1.57. The van der Waals surface area contributed by atoms with E-state index in [-0.39, 0.29) is 17.6 Å². The van der Waals surface area contributed by atoms with Crippen molar-refractivity contribution in [2.24, 2.45) is 5.92 Å². The molecular weight excluding hydrogens is 553 g/mol. The Labute approximate surface area is 234 Å². The van der Waals surface area contributed by atoms with Crippen LogP contribution in [0.25, 0.3) is 0 Å². The van der Waals surface area contributed by atoms with E-state index in [1.54, 1.807) is 56.0 Å². The van der Waals surface area contributed by atoms with Crippen LogP contribution in [0.15, 0.2) is 55.1 Å². The van der Waals surface area contributed by atoms with E-state index in [1.807, 2.05) is 18.2 Å². The number of ether oxygens (including phenoxy) is 1. The Bertz CT molecular complexity index is 1270. The van der Waals surface area contributed by atoms with Gasteiger partial charge in [-0.05, 0) is 74.9 Å². The van der Waals surface area contributed by atoms with Gasteiger partial charge in [0.25, 0.3) is 5.91 Å². The second kappa shape index (κ2) is 10.9. The van der Waals surface area contributed by atoms with Crippen LogP contribution in [-0.4, -0.2) is 41.9 Å². The molecule has 0 N–H and O–H groups in total. The van der Waals surface area contributed by atoms with Crippen LogP contribution in [0.3, 0.4) is 0 Å². The molecule has 0 radical (unpaired) electrons. The number of carbonyl (C=O) groups is 1. The number of sulfone groups is 1. The van der Waals surface area contributed by atoms with Crippen LogP contribution in [-0.2, 0) is 19.4 Å². The van der Waals surface area contributed by atoms with Crippen molar-refractivity contribution in [3.05, 3.63) is 81.3 Å². The molecule has 1 aliphatic carbocycles. The highest BCUT2D eigenvalue weighted by molar-refractivity contribution is 7.92. The van der Waals surface area contributed by atoms with Crippen molar-refractivity contribution in [3.8, 4) is 0 Å². The van der Waals surface area contributed by atoms with Crippen molar-refractivity contribution < 1.29 is 17.9 Å². The van der Waals surface area contributed by atoms with Crippen LogP contribution in [0.4, 0.5) is 0 Å². The zero-order valence-corrected chi connectivity index (χ0v) is 24.2. The van der Waals surface area contributed by atoms with Gasteiger partial charge in [0, 0.05) is 17.5 Å². The molecule has 2 aromatic carbocycles. The van der Waals surface area contributed by atoms with E-state index in [4.69, 9.17) is 39.5 Å². The molecule has 4 rings (SSSR count). The van der Waals surface area contributed by atoms with Gasteiger partial charge in [-0.25, -0.2) is 8.42 Å². The third-order valence-electron chi connectivity index (χ3n) is 7.14. The van der Waals surface area contributed by atoms with Crippen LogP contribution in [0, 0.1) is 5.92 Å². The normalized spacial score (nSPS) is 23.7. The van der Waals surface area contributed by atoms with Crippen LogP contribution in [0.2, 0.25) is 15.1 Å². The van der Waals surface area contributed by atoms with Crippen molar-refractivity contribution >= 4 is 50.5 Å². The molecule has 0 spiro atoms. The molecule has 0 unspecified atom stereocenters. The molecule has 1 saturated carbocycles. The van der Waals surface area contributed by atoms with E-state index in [2.05, 4.69) is 6.58 Å². The molecule has 4 atom stereocenters. The third-order valence-corrected chi connectivity index (χ3v) is 10.8. The lowest BCUT2D eigenvalue weighted by Crippen LogP contribution is -2.57. The second-order valence-corrected chi connectivity index (χ2v) is 14.8. The molecule has 1 amide bonds. The van der Waals surface area contributed by atoms with Gasteiger partial charge in [0.2, 0.25) is 0 Å². The average Bonchev–Trinajstić information content (AvgIpc) is 3.66. The monoisotopic (exact) mass is 583 g/mol. The van der Waals surface area contributed by atoms with E-state index in [9.17, 15) is 13.2 Å². The Kier molecular flexibility index (Phi) is 8.37. The Morgan fingerprint density at radius 3 is 2.22 bits per heavy atom. The predicted octanol–water partition coefficient (Wildman–Crippen LogP) is 7.22. The highest BCUT2D eigenvalue weighted by atomic mass is 35.5. The van der Waals surface area contributed by atoms with E-state index in [0.717, 1.165) is 24.0 Å². The summed E-state index contributed by atoms with van der Waals surface area (Å²) in [6, 6.07) is 11.4. The quantitative estimate of drug-likeness (QED) is 0.307. The molecule has 0 bridgehead atoms. The maximum absolute atomic E-state index is 14.1. The lowest BCUT2D eigenvalue weighted by Gasteiger charge is -2.48. The third kappa shape index (κ3) is 6.04. The number of nitrogens with zero attached hydrogens (tertiary/aromatic N) is 1. The largest absolute Gasteiger partial charge is 0.358 e. The van der Waals surface area contributed by atoms with Gasteiger partial charge in [-0.3, -0.25) is 4.79 Å². The fourth-order valence-corrected chi connectivity index (χ4v) is 6.60. The van der Waals surface area contributed by atoms with Gasteiger partial charge in [-0.1, -0.05) is 59.1 Å². The fourth-order valence-electron chi connectivity index (χ4n) is 4.78. The van der Waals surface area contributed by atoms with Crippen molar-refractivity contribution in [2.45, 2.75) is 69.1 Å². The summed E-state index contributed by atoms with van der Waals surface area (Å²) in [6.45, 7) is 8.90. The maximum atomic E-state index is 14.1. The van der Waals surface area contributed by atoms with E-state index >= 15 is 0 Å². The molecule has 37 heavy (non-hydrogen) atoms. The van der Waals surface area contributed by atoms with E-state index in [0.29, 0.717) is 21.5 Å². The average molecular weight is 585 g/mol. The minimum atomic E-state index is -3.53. The summed E-state index contributed by atoms with van der Waals surface area (Å²) in [5.74, 6) is -0.267. The molecule has 2 fully saturated rings. The maximum Gasteiger partial charge on any atom is 0.252 e. The van der Waals surface area contributed by atoms with Crippen LogP contribution in [0.1, 0.15) is 63.3 Å². The molecule has 1 aliphatic heterocycles. The Morgan fingerprint density at radius 1 is 1.05 bits per heavy atom. The first-order chi connectivity index (χ1) is 17.3. The minimum Gasteiger partial charge on any atom is -0.358 e. The van der Waals surface area contributed by atoms with Gasteiger partial charge < -0.3 is 9.64 Å². The first-order valence-corrected chi connectivity index (χ1v) is 15.1. The summed E-state index contributed by atoms with van der Waals surface area (Å²) in [4.78, 5) is 15.8. The molecule has 0 aromatic heterocycles. The number of rotatable bonds is 8. The number of benzene rings is 2. The van der Waals surface area contributed by atoms with Crippen LogP contribution < -0.4 is 0 Å². The van der Waals surface area contributed by atoms with Gasteiger partial charge in [0.1, 0.15) is 12.2 Å². The summed E-state index contributed by atoms with van der Waals surface area (Å²) in [5, 5.41) is 1.34. The summed E-state index contributed by atoms with van der Waals surface area (Å²) in [5.41, 5.74) is 1.54. The summed E-state index contributed by atoms with van der Waals surface area (Å²) in [6.07, 6.45) is 2.26. The number of amides is 1. The van der Waals surface area contributed by atoms with Crippen LogP contribution in [0.5, 0.6) is 0 Å². The SMILES string of the molecule is C=CC[C@@H]1O[C@H](c2ccc(Cl)c(Cl)c2)[C@@H](c2ccc(Cl)cc2)N([C@H](CS(=O)(=O)C(C)(C)C)C2CC2)C1=O. The van der Waals surface area contributed by atoms with Gasteiger partial charge >= 0.3 is 0 Å². The molecule has 5 nitrogen and oxygen atoms in total. The lowest BCUT2D eigenvalue weighted by molar-refractivity contribution is -0.178. The lowest BCUT2D eigenvalue weighted by atomic mass is 9.89. The molecule has 9 heteroatoms. The zero-order valence-electron chi connectivity index (χ0n) is 21.2. The molecular formula is C28H32Cl3NO4S. The smallest absolute Gasteiger partial charge is 0.252 e. The second-order valence-electron chi connectivity index (χ2n) is 10.8. The van der Waals surface area contributed by atoms with Gasteiger partial charge in [-0.2, -0.15) is 0 Å². The number of halogens is 3. The van der Waals surface area contributed by atoms with E-state index in [1.165, 1.54) is 0 Å². The number of morpholine rings is 1. The standard InChI is InChI=1S/C28H32Cl3NO4S/c1-5-6-24-27(33)32(23(17-7-8-17)16-37(34,35)28(2,3)4)25(18-9-12-20(29)13-10-18)26(36-24)19-11-14-21(30)22(31)15-19/h5,9-15,17,23-26H,1,6-8,16H2,2-4H3/t23-,24+,25-,26-/m1/s1. The van der Waals surface area contributed by atoms with Crippen molar-refractivity contribution in [1.82, 2.24) is 4.90 Å². The van der Waals surface area contributed by atoms with E-state index < -0.39 is 38.9 Å². The number of carbonyl (C=O) groups excluding carboxylic acids is 1. The fraction of sp³-hybridized carbons (Fsp3) is 0.464. The number of hydrogen-bond acceptors (Lipinski definition) is 4. The molecule has 1 heterocycles. The molecule has 1 saturated heterocycles. The zero-order chi connectivity index (χ0) is 27.1. The molecule has 2 aromatic rings. The summed E-state index contributed by atoms with van der Waals surface area (Å²) in [7, 11) is -3.53. The predicted molar refractivity (Wildman–Crippen MR) is 150 cm³/mol. The highest BCUT2D eigenvalue weighted by Gasteiger charge is 2.51. The van der Waals surface area contributed by atoms with Crippen molar-refractivity contribution in [1.29, 1.82) is 0 Å². The molecule has 200 valence electrons. The highest BCUT2D eigenvalue weighted by Crippen LogP contribution is 2.48. The van der Waals surface area contributed by atoms with Crippen molar-refractivity contribution in [2.75, 3.05) is 5.75 Å². The van der Waals surface area contributed by atoms with Crippen molar-refractivity contribution in [3.63, 3.8) is 0 Å². The Balaban J connectivity index is 1.89. The van der Waals surface area contributed by atoms with Gasteiger partial charge in [-0.15, -0.1) is 6.58 Å². The number of hydrogen-bond donors (Lipinski definition) is 0. The summed E-state index contributed by atoms with van der Waals surface area (Å²) < 4.78 is 32.4. The van der Waals surface area contributed by atoms with Gasteiger partial charge in [0.15, 0.2) is 9.84 Å². The summed E-state index contributed by atoms with van der Waals surface area (Å²) >= 11 is 18.8. The van der Waals surface area contributed by atoms with Crippen LogP contribution >= 0.6 is 34.8 Å².